The summed E-state index contributed by atoms with van der Waals surface area (Å²) in [5.74, 6) is 1.04. The van der Waals surface area contributed by atoms with Crippen molar-refractivity contribution in [1.82, 2.24) is 34.3 Å². The molecule has 0 aliphatic rings. The normalized spacial score (nSPS) is 11.9. The fourth-order valence-corrected chi connectivity index (χ4v) is 4.12. The van der Waals surface area contributed by atoms with Gasteiger partial charge in [-0.1, -0.05) is 23.7 Å². The zero-order valence-corrected chi connectivity index (χ0v) is 18.6. The number of fused-ring (bicyclic) bond motifs is 1. The van der Waals surface area contributed by atoms with E-state index in [1.165, 1.54) is 6.33 Å². The van der Waals surface area contributed by atoms with Gasteiger partial charge in [-0.05, 0) is 50.6 Å². The Bertz CT molecular complexity index is 1410. The molecule has 0 radical (unpaired) electrons. The van der Waals surface area contributed by atoms with Crippen LogP contribution in [0.15, 0.2) is 61.4 Å². The summed E-state index contributed by atoms with van der Waals surface area (Å²) in [6.07, 6.45) is 6.55. The third kappa shape index (κ3) is 3.38. The van der Waals surface area contributed by atoms with Crippen LogP contribution in [0.25, 0.3) is 39.2 Å². The first-order valence-corrected chi connectivity index (χ1v) is 10.5. The number of benzene rings is 2. The van der Waals surface area contributed by atoms with Gasteiger partial charge in [0, 0.05) is 29.1 Å². The molecule has 0 spiro atoms. The minimum Gasteiger partial charge on any atom is -0.368 e. The first-order chi connectivity index (χ1) is 15.3. The van der Waals surface area contributed by atoms with Gasteiger partial charge in [0.15, 0.2) is 0 Å². The van der Waals surface area contributed by atoms with E-state index in [0.29, 0.717) is 5.02 Å². The standard InChI is InChI=1S/C23H21ClN8/c1-23(2,3)32-19-8-7-14(15-10-27-22(25)28-11-15)9-18(19)30-21(32)16-5-4-6-17(24)20(16)31-13-26-12-29-31/h4-13H,1-3H3,(H2,25,27,28). The number of nitrogens with two attached hydrogens (primary N) is 1. The summed E-state index contributed by atoms with van der Waals surface area (Å²) in [6.45, 7) is 6.46. The van der Waals surface area contributed by atoms with Crippen LogP contribution in [-0.4, -0.2) is 34.3 Å². The quantitative estimate of drug-likeness (QED) is 0.431. The molecule has 2 aromatic carbocycles. The summed E-state index contributed by atoms with van der Waals surface area (Å²) in [5, 5.41) is 4.87. The molecule has 3 aromatic heterocycles. The maximum Gasteiger partial charge on any atom is 0.219 e. The molecule has 0 saturated heterocycles. The second-order valence-electron chi connectivity index (χ2n) is 8.45. The molecule has 5 aromatic rings. The highest BCUT2D eigenvalue weighted by molar-refractivity contribution is 6.33. The number of rotatable bonds is 3. The summed E-state index contributed by atoms with van der Waals surface area (Å²) < 4.78 is 3.89. The SMILES string of the molecule is CC(C)(C)n1c(-c2cccc(Cl)c2-n2cncn2)nc2cc(-c3cnc(N)nc3)ccc21. The van der Waals surface area contributed by atoms with Crippen molar-refractivity contribution in [3.05, 3.63) is 66.5 Å². The van der Waals surface area contributed by atoms with Gasteiger partial charge in [0.05, 0.1) is 21.7 Å². The van der Waals surface area contributed by atoms with E-state index in [4.69, 9.17) is 22.3 Å². The molecule has 0 fully saturated rings. The van der Waals surface area contributed by atoms with Gasteiger partial charge in [-0.15, -0.1) is 0 Å². The second kappa shape index (κ2) is 7.42. The van der Waals surface area contributed by atoms with Crippen LogP contribution in [0.5, 0.6) is 0 Å². The fraction of sp³-hybridized carbons (Fsp3) is 0.174. The third-order valence-electron chi connectivity index (χ3n) is 5.21. The lowest BCUT2D eigenvalue weighted by Gasteiger charge is -2.25. The first kappa shape index (κ1) is 20.1. The maximum atomic E-state index is 6.60. The topological polar surface area (TPSA) is 100 Å². The zero-order valence-electron chi connectivity index (χ0n) is 17.9. The van der Waals surface area contributed by atoms with Gasteiger partial charge in [-0.25, -0.2) is 24.6 Å². The molecule has 0 unspecified atom stereocenters. The number of hydrogen-bond donors (Lipinski definition) is 1. The summed E-state index contributed by atoms with van der Waals surface area (Å²) >= 11 is 6.60. The van der Waals surface area contributed by atoms with Crippen molar-refractivity contribution in [2.75, 3.05) is 5.73 Å². The first-order valence-electron chi connectivity index (χ1n) is 10.1. The second-order valence-corrected chi connectivity index (χ2v) is 8.86. The molecule has 32 heavy (non-hydrogen) atoms. The maximum absolute atomic E-state index is 6.60. The van der Waals surface area contributed by atoms with E-state index < -0.39 is 0 Å². The Hall–Kier alpha value is -3.78. The number of para-hydroxylation sites is 1. The van der Waals surface area contributed by atoms with Gasteiger partial charge in [-0.3, -0.25) is 0 Å². The van der Waals surface area contributed by atoms with Gasteiger partial charge in [-0.2, -0.15) is 5.10 Å². The van der Waals surface area contributed by atoms with Crippen LogP contribution in [0.4, 0.5) is 5.95 Å². The van der Waals surface area contributed by atoms with Crippen LogP contribution in [0.1, 0.15) is 20.8 Å². The Labute approximate surface area is 189 Å². The molecule has 0 saturated carbocycles. The molecular weight excluding hydrogens is 424 g/mol. The van der Waals surface area contributed by atoms with Gasteiger partial charge >= 0.3 is 0 Å². The van der Waals surface area contributed by atoms with Crippen LogP contribution < -0.4 is 5.73 Å². The molecule has 9 heteroatoms. The highest BCUT2D eigenvalue weighted by atomic mass is 35.5. The van der Waals surface area contributed by atoms with E-state index >= 15 is 0 Å². The Kier molecular flexibility index (Phi) is 4.67. The minimum absolute atomic E-state index is 0.238. The molecule has 0 aliphatic carbocycles. The summed E-state index contributed by atoms with van der Waals surface area (Å²) in [4.78, 5) is 17.3. The van der Waals surface area contributed by atoms with Crippen molar-refractivity contribution in [3.63, 3.8) is 0 Å². The molecule has 3 heterocycles. The smallest absolute Gasteiger partial charge is 0.219 e. The van der Waals surface area contributed by atoms with Crippen molar-refractivity contribution in [2.45, 2.75) is 26.3 Å². The number of halogens is 1. The van der Waals surface area contributed by atoms with Crippen molar-refractivity contribution in [2.24, 2.45) is 0 Å². The highest BCUT2D eigenvalue weighted by Gasteiger charge is 2.25. The molecule has 0 amide bonds. The number of hydrogen-bond acceptors (Lipinski definition) is 6. The molecule has 5 rings (SSSR count). The molecule has 0 atom stereocenters. The monoisotopic (exact) mass is 444 g/mol. The van der Waals surface area contributed by atoms with Crippen LogP contribution in [0.3, 0.4) is 0 Å². The highest BCUT2D eigenvalue weighted by Crippen LogP contribution is 2.37. The predicted molar refractivity (Wildman–Crippen MR) is 126 cm³/mol. The van der Waals surface area contributed by atoms with E-state index in [1.54, 1.807) is 23.4 Å². The molecule has 0 bridgehead atoms. The number of imidazole rings is 1. The van der Waals surface area contributed by atoms with Gasteiger partial charge < -0.3 is 10.3 Å². The Morgan fingerprint density at radius 2 is 1.78 bits per heavy atom. The van der Waals surface area contributed by atoms with Gasteiger partial charge in [0.2, 0.25) is 5.95 Å². The van der Waals surface area contributed by atoms with Crippen LogP contribution >= 0.6 is 11.6 Å². The van der Waals surface area contributed by atoms with Crippen molar-refractivity contribution in [1.29, 1.82) is 0 Å². The van der Waals surface area contributed by atoms with Crippen LogP contribution in [-0.2, 0) is 5.54 Å². The van der Waals surface area contributed by atoms with Gasteiger partial charge in [0.25, 0.3) is 0 Å². The van der Waals surface area contributed by atoms with Crippen LogP contribution in [0.2, 0.25) is 5.02 Å². The molecule has 8 nitrogen and oxygen atoms in total. The Morgan fingerprint density at radius 1 is 1.00 bits per heavy atom. The van der Waals surface area contributed by atoms with Crippen LogP contribution in [0, 0.1) is 0 Å². The molecule has 0 aliphatic heterocycles. The van der Waals surface area contributed by atoms with E-state index in [-0.39, 0.29) is 11.5 Å². The largest absolute Gasteiger partial charge is 0.368 e. The lowest BCUT2D eigenvalue weighted by molar-refractivity contribution is 0.413. The predicted octanol–water partition coefficient (Wildman–Crippen LogP) is 4.73. The number of nitrogens with zero attached hydrogens (tertiary/aromatic N) is 7. The Morgan fingerprint density at radius 3 is 2.47 bits per heavy atom. The summed E-state index contributed by atoms with van der Waals surface area (Å²) in [6, 6.07) is 11.9. The number of nitrogen functional groups attached to an aromatic ring is 1. The third-order valence-corrected chi connectivity index (χ3v) is 5.51. The molecule has 160 valence electrons. The lowest BCUT2D eigenvalue weighted by Crippen LogP contribution is -2.23. The Balaban J connectivity index is 1.77. The van der Waals surface area contributed by atoms with Crippen molar-refractivity contribution < 1.29 is 0 Å². The molecule has 2 N–H and O–H groups in total. The van der Waals surface area contributed by atoms with E-state index in [2.05, 4.69) is 51.5 Å². The van der Waals surface area contributed by atoms with Crippen molar-refractivity contribution >= 4 is 28.6 Å². The van der Waals surface area contributed by atoms with E-state index in [0.717, 1.165) is 39.2 Å². The minimum atomic E-state index is -0.238. The average Bonchev–Trinajstić information content (AvgIpc) is 3.41. The van der Waals surface area contributed by atoms with Gasteiger partial charge in [0.1, 0.15) is 18.5 Å². The zero-order chi connectivity index (χ0) is 22.5. The van der Waals surface area contributed by atoms with E-state index in [1.807, 2.05) is 30.3 Å². The summed E-state index contributed by atoms with van der Waals surface area (Å²) in [7, 11) is 0. The lowest BCUT2D eigenvalue weighted by atomic mass is 10.1. The van der Waals surface area contributed by atoms with E-state index in [9.17, 15) is 0 Å². The number of aromatic nitrogens is 7. The average molecular weight is 445 g/mol. The molecular formula is C23H21ClN8. The summed E-state index contributed by atoms with van der Waals surface area (Å²) in [5.41, 5.74) is 10.7. The van der Waals surface area contributed by atoms with Crippen molar-refractivity contribution in [3.8, 4) is 28.2 Å². The number of anilines is 1. The fourth-order valence-electron chi connectivity index (χ4n) is 3.86.